The van der Waals surface area contributed by atoms with Gasteiger partial charge in [-0.2, -0.15) is 30.4 Å². The van der Waals surface area contributed by atoms with Crippen molar-refractivity contribution in [3.63, 3.8) is 0 Å². The number of aliphatic hydroxyl groups excluding tert-OH is 5. The van der Waals surface area contributed by atoms with Crippen LogP contribution in [0.15, 0.2) is 30.4 Å². The van der Waals surface area contributed by atoms with Gasteiger partial charge in [0.2, 0.25) is 0 Å². The molecule has 0 heterocycles. The van der Waals surface area contributed by atoms with Crippen molar-refractivity contribution in [3.05, 3.63) is 61.7 Å². The molecule has 5 N–H and O–H groups in total. The topological polar surface area (TPSA) is 186 Å². The van der Waals surface area contributed by atoms with Crippen LogP contribution in [0.5, 0.6) is 0 Å². The summed E-state index contributed by atoms with van der Waals surface area (Å²) in [5.41, 5.74) is 0. The molecule has 0 aliphatic heterocycles. The fourth-order valence-electron chi connectivity index (χ4n) is 0.455. The Morgan fingerprint density at radius 2 is 0.486 bits per heavy atom. The van der Waals surface area contributed by atoms with Gasteiger partial charge in [0.25, 0.3) is 0 Å². The van der Waals surface area contributed by atoms with Gasteiger partial charge < -0.3 is 49.5 Å². The summed E-state index contributed by atoms with van der Waals surface area (Å²) < 4.78 is 0. The van der Waals surface area contributed by atoms with Crippen LogP contribution >= 0.6 is 0 Å². The fraction of sp³-hybridized carbons (Fsp3) is 0.250. The zero-order chi connectivity index (χ0) is 25.0. The molecule has 0 rings (SSSR count). The quantitative estimate of drug-likeness (QED) is 0.119. The molecular formula is C20H25Fe2O10Y5. The Morgan fingerprint density at radius 1 is 0.405 bits per heavy atom. The molecular weight excluding hydrogens is 956 g/mol. The Hall–Kier alpha value is 2.61. The van der Waals surface area contributed by atoms with Crippen LogP contribution < -0.4 is 0 Å². The summed E-state index contributed by atoms with van der Waals surface area (Å²) in [6.07, 6.45) is 12.8. The molecule has 0 amide bonds. The SMILES string of the molecule is CC(=O)C=[C-]O.CC(=O)C=[C-]O.CC(=O)C=[C-]O.CC(=O)C=[C-]O.CC(=O)C=[C-]O.[Fe+2].[Fe+3].[Y].[Y].[Y].[Y].[Y]. The molecule has 6 radical (unpaired) electrons. The van der Waals surface area contributed by atoms with Crippen molar-refractivity contribution in [2.24, 2.45) is 0 Å². The van der Waals surface area contributed by atoms with Gasteiger partial charge in [-0.15, -0.1) is 0 Å². The molecule has 0 fully saturated rings. The van der Waals surface area contributed by atoms with Gasteiger partial charge in [0, 0.05) is 192 Å². The van der Waals surface area contributed by atoms with Gasteiger partial charge >= 0.3 is 34.1 Å². The van der Waals surface area contributed by atoms with E-state index < -0.39 is 0 Å². The summed E-state index contributed by atoms with van der Waals surface area (Å²) in [5.74, 6) is -0.984. The predicted molar refractivity (Wildman–Crippen MR) is 106 cm³/mol. The Bertz CT molecular complexity index is 528. The molecule has 0 aliphatic carbocycles. The molecule has 0 spiro atoms. The first-order chi connectivity index (χ1) is 13.9. The largest absolute Gasteiger partial charge is 3.00 e. The van der Waals surface area contributed by atoms with Gasteiger partial charge in [-0.1, -0.05) is 65.9 Å². The second kappa shape index (κ2) is 71.6. The zero-order valence-electron chi connectivity index (χ0n) is 20.8. The van der Waals surface area contributed by atoms with Gasteiger partial charge in [0.05, 0.1) is 0 Å². The Labute approximate surface area is 365 Å². The normalized spacial score (nSPS) is 7.70. The molecule has 0 aromatic carbocycles. The summed E-state index contributed by atoms with van der Waals surface area (Å²) in [6, 6.07) is 0. The van der Waals surface area contributed by atoms with E-state index >= 15 is 0 Å². The number of rotatable bonds is 5. The van der Waals surface area contributed by atoms with Crippen molar-refractivity contribution in [3.8, 4) is 0 Å². The van der Waals surface area contributed by atoms with Crippen LogP contribution in [-0.2, 0) is 222 Å². The minimum absolute atomic E-state index is 0. The van der Waals surface area contributed by atoms with E-state index in [9.17, 15) is 24.0 Å². The molecule has 0 unspecified atom stereocenters. The number of hydrogen-bond donors (Lipinski definition) is 5. The van der Waals surface area contributed by atoms with Gasteiger partial charge in [0.15, 0.2) is 0 Å². The maximum absolute atomic E-state index is 9.77. The van der Waals surface area contributed by atoms with Crippen molar-refractivity contribution >= 4 is 28.9 Å². The smallest absolute Gasteiger partial charge is 0.607 e. The third kappa shape index (κ3) is 167. The van der Waals surface area contributed by atoms with Gasteiger partial charge in [-0.05, 0) is 0 Å². The molecule has 0 aromatic rings. The number of carbonyl (C=O) groups is 5. The third-order valence-corrected chi connectivity index (χ3v) is 1.34. The van der Waals surface area contributed by atoms with Crippen molar-refractivity contribution in [2.75, 3.05) is 0 Å². The van der Waals surface area contributed by atoms with E-state index in [0.717, 1.165) is 30.4 Å². The van der Waals surface area contributed by atoms with Crippen molar-refractivity contribution in [1.29, 1.82) is 0 Å². The number of carbonyl (C=O) groups excluding carboxylic acids is 5. The third-order valence-electron chi connectivity index (χ3n) is 1.34. The van der Waals surface area contributed by atoms with Crippen LogP contribution in [0.1, 0.15) is 34.6 Å². The number of hydrogen-bond acceptors (Lipinski definition) is 10. The minimum atomic E-state index is -0.197. The van der Waals surface area contributed by atoms with E-state index in [0.29, 0.717) is 0 Å². The molecule has 0 aromatic heterocycles. The summed E-state index contributed by atoms with van der Waals surface area (Å²) in [4.78, 5) is 48.8. The molecule has 196 valence electrons. The van der Waals surface area contributed by atoms with Crippen LogP contribution in [0.4, 0.5) is 0 Å². The van der Waals surface area contributed by atoms with E-state index in [1.54, 1.807) is 31.3 Å². The van der Waals surface area contributed by atoms with Crippen LogP contribution in [-0.4, -0.2) is 54.4 Å². The monoisotopic (exact) mass is 982 g/mol. The summed E-state index contributed by atoms with van der Waals surface area (Å²) in [6.45, 7) is 6.68. The van der Waals surface area contributed by atoms with E-state index in [2.05, 4.69) is 0 Å². The number of aliphatic hydroxyl groups is 5. The molecule has 0 saturated heterocycles. The minimum Gasteiger partial charge on any atom is -0.607 e. The first-order valence-electron chi connectivity index (χ1n) is 7.53. The maximum atomic E-state index is 9.77. The number of ketones is 5. The molecule has 10 nitrogen and oxygen atoms in total. The van der Waals surface area contributed by atoms with Crippen LogP contribution in [0.2, 0.25) is 0 Å². The molecule has 0 bridgehead atoms. The zero-order valence-corrected chi connectivity index (χ0v) is 37.2. The average Bonchev–Trinajstić information content (AvgIpc) is 2.56. The summed E-state index contributed by atoms with van der Waals surface area (Å²) in [7, 11) is 0. The first-order valence-corrected chi connectivity index (χ1v) is 7.53. The standard InChI is InChI=1S/5C4H5O2.2Fe.5Y/c5*1-4(6)2-3-5;;;;;;;/h5*2,5H,1H3;;;;;;;/q5*-1;+2;+3;;;;;. The van der Waals surface area contributed by atoms with Crippen LogP contribution in [0.25, 0.3) is 0 Å². The second-order valence-electron chi connectivity index (χ2n) is 4.42. The van der Waals surface area contributed by atoms with Gasteiger partial charge in [-0.3, -0.25) is 0 Å². The average molecular weight is 982 g/mol. The van der Waals surface area contributed by atoms with Gasteiger partial charge in [0.1, 0.15) is 0 Å². The molecule has 0 saturated carbocycles. The van der Waals surface area contributed by atoms with Crippen molar-refractivity contribution in [1.82, 2.24) is 0 Å². The predicted octanol–water partition coefficient (Wildman–Crippen LogP) is 2.23. The summed E-state index contributed by atoms with van der Waals surface area (Å²) >= 11 is 0. The van der Waals surface area contributed by atoms with E-state index in [1.807, 2.05) is 0 Å². The molecule has 0 atom stereocenters. The molecule has 0 aliphatic rings. The maximum Gasteiger partial charge on any atom is 3.00 e. The van der Waals surface area contributed by atoms with Crippen LogP contribution in [0, 0.1) is 31.3 Å². The van der Waals surface area contributed by atoms with E-state index in [-0.39, 0.29) is 227 Å². The first kappa shape index (κ1) is 77.5. The molecule has 37 heavy (non-hydrogen) atoms. The Balaban J connectivity index is -0.0000000202. The second-order valence-corrected chi connectivity index (χ2v) is 4.42. The van der Waals surface area contributed by atoms with E-state index in [4.69, 9.17) is 25.5 Å². The van der Waals surface area contributed by atoms with Crippen LogP contribution in [0.3, 0.4) is 0 Å². The van der Waals surface area contributed by atoms with Crippen molar-refractivity contribution < 1.29 is 247 Å². The summed E-state index contributed by atoms with van der Waals surface area (Å²) in [5, 5.41) is 38.6. The van der Waals surface area contributed by atoms with Crippen molar-refractivity contribution in [2.45, 2.75) is 34.6 Å². The molecule has 17 heteroatoms. The Morgan fingerprint density at radius 3 is 0.486 bits per heavy atom. The Kier molecular flexibility index (Phi) is 150. The van der Waals surface area contributed by atoms with Gasteiger partial charge in [-0.25, -0.2) is 0 Å². The van der Waals surface area contributed by atoms with E-state index in [1.165, 1.54) is 34.6 Å². The number of allylic oxidation sites excluding steroid dienone is 5. The fourth-order valence-corrected chi connectivity index (χ4v) is 0.455.